The zero-order valence-corrected chi connectivity index (χ0v) is 14.3. The summed E-state index contributed by atoms with van der Waals surface area (Å²) in [6, 6.07) is 7.03. The van der Waals surface area contributed by atoms with E-state index in [4.69, 9.17) is 4.74 Å². The van der Waals surface area contributed by atoms with Crippen LogP contribution >= 0.6 is 15.9 Å². The van der Waals surface area contributed by atoms with Crippen molar-refractivity contribution in [1.29, 1.82) is 0 Å². The lowest BCUT2D eigenvalue weighted by molar-refractivity contribution is -0.147. The normalized spacial score (nSPS) is 12.0. The largest absolute Gasteiger partial charge is 0.457 e. The van der Waals surface area contributed by atoms with E-state index in [1.54, 1.807) is 24.3 Å². The Hall–Kier alpha value is -1.16. The van der Waals surface area contributed by atoms with Crippen LogP contribution in [0.4, 0.5) is 0 Å². The second-order valence-electron chi connectivity index (χ2n) is 5.29. The number of ketones is 1. The predicted molar refractivity (Wildman–Crippen MR) is 87.4 cm³/mol. The van der Waals surface area contributed by atoms with Crippen molar-refractivity contribution >= 4 is 27.7 Å². The first-order valence-corrected chi connectivity index (χ1v) is 8.29. The summed E-state index contributed by atoms with van der Waals surface area (Å²) < 4.78 is 6.02. The van der Waals surface area contributed by atoms with Gasteiger partial charge in [0.05, 0.1) is 5.92 Å². The molecule has 3 nitrogen and oxygen atoms in total. The van der Waals surface area contributed by atoms with Crippen LogP contribution in [-0.4, -0.2) is 18.4 Å². The zero-order valence-electron chi connectivity index (χ0n) is 12.7. The van der Waals surface area contributed by atoms with E-state index >= 15 is 0 Å². The lowest BCUT2D eigenvalue weighted by atomic mass is 10.0. The highest BCUT2D eigenvalue weighted by atomic mass is 79.9. The van der Waals surface area contributed by atoms with Gasteiger partial charge < -0.3 is 4.74 Å². The fourth-order valence-electron chi connectivity index (χ4n) is 1.99. The molecule has 1 unspecified atom stereocenters. The van der Waals surface area contributed by atoms with Crippen LogP contribution in [0.25, 0.3) is 0 Å². The minimum atomic E-state index is -0.281. The number of rotatable bonds is 9. The molecule has 116 valence electrons. The molecule has 0 saturated heterocycles. The lowest BCUT2D eigenvalue weighted by Crippen LogP contribution is -2.19. The standard InChI is InChI=1S/C17H23BrO3/c1-3-4-5-6-7-13(2)17(20)21-12-16(19)14-8-10-15(18)11-9-14/h8-11,13H,3-7,12H2,1-2H3. The van der Waals surface area contributed by atoms with Gasteiger partial charge in [-0.15, -0.1) is 0 Å². The Bertz CT molecular complexity index is 454. The molecule has 0 N–H and O–H groups in total. The Morgan fingerprint density at radius 3 is 2.43 bits per heavy atom. The fraction of sp³-hybridized carbons (Fsp3) is 0.529. The molecule has 1 rings (SSSR count). The molecule has 4 heteroatoms. The van der Waals surface area contributed by atoms with E-state index in [0.29, 0.717) is 5.56 Å². The number of carbonyl (C=O) groups is 2. The van der Waals surface area contributed by atoms with Crippen LogP contribution in [0.5, 0.6) is 0 Å². The van der Waals surface area contributed by atoms with E-state index in [-0.39, 0.29) is 24.3 Å². The van der Waals surface area contributed by atoms with E-state index in [1.807, 2.05) is 6.92 Å². The molecule has 0 spiro atoms. The number of esters is 1. The molecule has 21 heavy (non-hydrogen) atoms. The van der Waals surface area contributed by atoms with E-state index in [0.717, 1.165) is 23.7 Å². The molecule has 0 aliphatic heterocycles. The Balaban J connectivity index is 2.31. The second-order valence-corrected chi connectivity index (χ2v) is 6.20. The van der Waals surface area contributed by atoms with Crippen molar-refractivity contribution in [2.45, 2.75) is 46.0 Å². The summed E-state index contributed by atoms with van der Waals surface area (Å²) in [6.07, 6.45) is 5.38. The predicted octanol–water partition coefficient (Wildman–Crippen LogP) is 4.78. The number of hydrogen-bond donors (Lipinski definition) is 0. The summed E-state index contributed by atoms with van der Waals surface area (Å²) >= 11 is 3.31. The third-order valence-corrected chi connectivity index (χ3v) is 3.93. The van der Waals surface area contributed by atoms with Crippen molar-refractivity contribution in [3.05, 3.63) is 34.3 Å². The minimum absolute atomic E-state index is 0.139. The molecular weight excluding hydrogens is 332 g/mol. The smallest absolute Gasteiger partial charge is 0.309 e. The fourth-order valence-corrected chi connectivity index (χ4v) is 2.26. The Morgan fingerprint density at radius 2 is 1.81 bits per heavy atom. The van der Waals surface area contributed by atoms with Gasteiger partial charge in [-0.25, -0.2) is 0 Å². The summed E-state index contributed by atoms with van der Waals surface area (Å²) in [5.41, 5.74) is 0.557. The lowest BCUT2D eigenvalue weighted by Gasteiger charge is -2.11. The number of benzene rings is 1. The Morgan fingerprint density at radius 1 is 1.14 bits per heavy atom. The van der Waals surface area contributed by atoms with E-state index in [2.05, 4.69) is 22.9 Å². The van der Waals surface area contributed by atoms with Gasteiger partial charge in [-0.1, -0.05) is 67.6 Å². The first-order valence-electron chi connectivity index (χ1n) is 7.50. The number of carbonyl (C=O) groups excluding carboxylic acids is 2. The molecule has 1 atom stereocenters. The quantitative estimate of drug-likeness (QED) is 0.364. The molecule has 1 aromatic rings. The van der Waals surface area contributed by atoms with Gasteiger partial charge in [0.15, 0.2) is 12.4 Å². The van der Waals surface area contributed by atoms with Crippen LogP contribution < -0.4 is 0 Å². The Kier molecular flexibility index (Phi) is 8.28. The monoisotopic (exact) mass is 354 g/mol. The SMILES string of the molecule is CCCCCCC(C)C(=O)OCC(=O)c1ccc(Br)cc1. The van der Waals surface area contributed by atoms with Gasteiger partial charge in [0, 0.05) is 10.0 Å². The summed E-state index contributed by atoms with van der Waals surface area (Å²) in [5.74, 6) is -0.592. The van der Waals surface area contributed by atoms with E-state index in [1.165, 1.54) is 12.8 Å². The summed E-state index contributed by atoms with van der Waals surface area (Å²) in [6.45, 7) is 3.84. The highest BCUT2D eigenvalue weighted by molar-refractivity contribution is 9.10. The highest BCUT2D eigenvalue weighted by Gasteiger charge is 2.16. The van der Waals surface area contributed by atoms with Crippen LogP contribution in [0.2, 0.25) is 0 Å². The van der Waals surface area contributed by atoms with Crippen molar-refractivity contribution in [3.8, 4) is 0 Å². The second kappa shape index (κ2) is 9.72. The van der Waals surface area contributed by atoms with Crippen LogP contribution in [0.1, 0.15) is 56.3 Å². The average Bonchev–Trinajstić information content (AvgIpc) is 2.49. The van der Waals surface area contributed by atoms with Gasteiger partial charge in [-0.2, -0.15) is 0 Å². The van der Waals surface area contributed by atoms with E-state index in [9.17, 15) is 9.59 Å². The molecule has 0 fully saturated rings. The van der Waals surface area contributed by atoms with Crippen LogP contribution in [0, 0.1) is 5.92 Å². The maximum absolute atomic E-state index is 11.9. The maximum atomic E-state index is 11.9. The van der Waals surface area contributed by atoms with Crippen molar-refractivity contribution in [3.63, 3.8) is 0 Å². The molecule has 0 aliphatic rings. The molecule has 0 aromatic heterocycles. The average molecular weight is 355 g/mol. The molecule has 0 saturated carbocycles. The van der Waals surface area contributed by atoms with Crippen molar-refractivity contribution in [1.82, 2.24) is 0 Å². The van der Waals surface area contributed by atoms with Gasteiger partial charge in [0.1, 0.15) is 0 Å². The van der Waals surface area contributed by atoms with Crippen LogP contribution in [0.15, 0.2) is 28.7 Å². The molecule has 1 aromatic carbocycles. The van der Waals surface area contributed by atoms with Crippen molar-refractivity contribution < 1.29 is 14.3 Å². The van der Waals surface area contributed by atoms with Gasteiger partial charge in [-0.05, 0) is 18.6 Å². The topological polar surface area (TPSA) is 43.4 Å². The van der Waals surface area contributed by atoms with Gasteiger partial charge in [-0.3, -0.25) is 9.59 Å². The first-order chi connectivity index (χ1) is 10.0. The van der Waals surface area contributed by atoms with Gasteiger partial charge >= 0.3 is 5.97 Å². The van der Waals surface area contributed by atoms with Gasteiger partial charge in [0.25, 0.3) is 0 Å². The van der Waals surface area contributed by atoms with Gasteiger partial charge in [0.2, 0.25) is 0 Å². The number of unbranched alkanes of at least 4 members (excludes halogenated alkanes) is 3. The van der Waals surface area contributed by atoms with Crippen LogP contribution in [-0.2, 0) is 9.53 Å². The van der Waals surface area contributed by atoms with E-state index < -0.39 is 0 Å². The Labute approximate surface area is 135 Å². The van der Waals surface area contributed by atoms with Crippen molar-refractivity contribution in [2.24, 2.45) is 5.92 Å². The molecular formula is C17H23BrO3. The molecule has 0 radical (unpaired) electrons. The third kappa shape index (κ3) is 6.89. The molecule has 0 amide bonds. The zero-order chi connectivity index (χ0) is 15.7. The molecule has 0 bridgehead atoms. The summed E-state index contributed by atoms with van der Waals surface area (Å²) in [7, 11) is 0. The number of Topliss-reactive ketones (excluding diaryl/α,β-unsaturated/α-hetero) is 1. The maximum Gasteiger partial charge on any atom is 0.309 e. The summed E-state index contributed by atoms with van der Waals surface area (Å²) in [4.78, 5) is 23.7. The van der Waals surface area contributed by atoms with Crippen LogP contribution in [0.3, 0.4) is 0 Å². The summed E-state index contributed by atoms with van der Waals surface area (Å²) in [5, 5.41) is 0. The molecule has 0 aliphatic carbocycles. The first kappa shape index (κ1) is 17.9. The number of halogens is 1. The molecule has 0 heterocycles. The number of ether oxygens (including phenoxy) is 1. The minimum Gasteiger partial charge on any atom is -0.457 e. The number of hydrogen-bond acceptors (Lipinski definition) is 3. The van der Waals surface area contributed by atoms with Crippen molar-refractivity contribution in [2.75, 3.05) is 6.61 Å². The third-order valence-electron chi connectivity index (χ3n) is 3.40. The highest BCUT2D eigenvalue weighted by Crippen LogP contribution is 2.13.